The van der Waals surface area contributed by atoms with Crippen LogP contribution in [0.3, 0.4) is 0 Å². The van der Waals surface area contributed by atoms with E-state index in [1.54, 1.807) is 25.1 Å². The number of carbonyl (C=O) groups is 2. The van der Waals surface area contributed by atoms with Crippen molar-refractivity contribution in [1.82, 2.24) is 5.32 Å². The Hall–Kier alpha value is -1.26. The van der Waals surface area contributed by atoms with Crippen LogP contribution >= 0.6 is 23.2 Å². The molecule has 102 valence electrons. The molecule has 1 fully saturated rings. The van der Waals surface area contributed by atoms with E-state index >= 15 is 0 Å². The Morgan fingerprint density at radius 3 is 2.58 bits per heavy atom. The van der Waals surface area contributed by atoms with Crippen molar-refractivity contribution in [2.75, 3.05) is 0 Å². The van der Waals surface area contributed by atoms with Gasteiger partial charge in [0.2, 0.25) is 5.91 Å². The zero-order valence-corrected chi connectivity index (χ0v) is 11.7. The van der Waals surface area contributed by atoms with Gasteiger partial charge < -0.3 is 10.4 Å². The highest BCUT2D eigenvalue weighted by molar-refractivity contribution is 6.35. The highest BCUT2D eigenvalue weighted by Crippen LogP contribution is 2.39. The molecule has 1 unspecified atom stereocenters. The minimum Gasteiger partial charge on any atom is -0.481 e. The van der Waals surface area contributed by atoms with Crippen LogP contribution < -0.4 is 5.32 Å². The number of rotatable bonds is 4. The van der Waals surface area contributed by atoms with Gasteiger partial charge in [-0.3, -0.25) is 9.59 Å². The quantitative estimate of drug-likeness (QED) is 0.898. The number of nitrogens with one attached hydrogen (secondary N) is 1. The van der Waals surface area contributed by atoms with Gasteiger partial charge in [-0.15, -0.1) is 0 Å². The number of hydrogen-bond donors (Lipinski definition) is 2. The van der Waals surface area contributed by atoms with Crippen LogP contribution in [0.2, 0.25) is 10.0 Å². The van der Waals surface area contributed by atoms with Crippen LogP contribution in [-0.4, -0.2) is 17.0 Å². The summed E-state index contributed by atoms with van der Waals surface area (Å²) in [6.45, 7) is 1.80. The summed E-state index contributed by atoms with van der Waals surface area (Å²) in [6.07, 6.45) is 0.405. The topological polar surface area (TPSA) is 66.4 Å². The number of carbonyl (C=O) groups excluding carboxylic acids is 1. The van der Waals surface area contributed by atoms with Crippen molar-refractivity contribution in [3.63, 3.8) is 0 Å². The molecule has 1 aromatic carbocycles. The summed E-state index contributed by atoms with van der Waals surface area (Å²) in [7, 11) is 0. The monoisotopic (exact) mass is 301 g/mol. The van der Waals surface area contributed by atoms with E-state index in [4.69, 9.17) is 28.3 Å². The van der Waals surface area contributed by atoms with E-state index < -0.39 is 17.8 Å². The summed E-state index contributed by atoms with van der Waals surface area (Å²) in [5.74, 6) is -2.14. The Kier molecular flexibility index (Phi) is 4.02. The highest BCUT2D eigenvalue weighted by Gasteiger charge is 2.48. The van der Waals surface area contributed by atoms with Gasteiger partial charge in [-0.05, 0) is 31.0 Å². The highest BCUT2D eigenvalue weighted by atomic mass is 35.5. The molecular formula is C13H13Cl2NO3. The second-order valence-electron chi connectivity index (χ2n) is 4.68. The van der Waals surface area contributed by atoms with Crippen molar-refractivity contribution in [3.8, 4) is 0 Å². The van der Waals surface area contributed by atoms with Crippen molar-refractivity contribution in [2.45, 2.75) is 19.4 Å². The normalized spacial score (nSPS) is 22.7. The third kappa shape index (κ3) is 3.19. The fraction of sp³-hybridized carbons (Fsp3) is 0.385. The van der Waals surface area contributed by atoms with Crippen LogP contribution in [0.5, 0.6) is 0 Å². The second kappa shape index (κ2) is 5.39. The second-order valence-corrected chi connectivity index (χ2v) is 5.53. The van der Waals surface area contributed by atoms with Gasteiger partial charge in [0.25, 0.3) is 0 Å². The maximum atomic E-state index is 11.8. The van der Waals surface area contributed by atoms with Crippen LogP contribution in [0.1, 0.15) is 24.9 Å². The maximum absolute atomic E-state index is 11.8. The van der Waals surface area contributed by atoms with Gasteiger partial charge in [0, 0.05) is 10.0 Å². The lowest BCUT2D eigenvalue weighted by Gasteiger charge is -2.15. The summed E-state index contributed by atoms with van der Waals surface area (Å²) < 4.78 is 0. The lowest BCUT2D eigenvalue weighted by atomic mass is 10.1. The molecule has 1 amide bonds. The summed E-state index contributed by atoms with van der Waals surface area (Å²) >= 11 is 11.9. The molecule has 0 aliphatic heterocycles. The average molecular weight is 302 g/mol. The molecule has 1 aliphatic rings. The number of amides is 1. The van der Waals surface area contributed by atoms with E-state index in [1.165, 1.54) is 0 Å². The van der Waals surface area contributed by atoms with Gasteiger partial charge in [-0.25, -0.2) is 0 Å². The number of benzene rings is 1. The van der Waals surface area contributed by atoms with E-state index in [0.29, 0.717) is 16.5 Å². The third-order valence-corrected chi connectivity index (χ3v) is 3.79. The fourth-order valence-corrected chi connectivity index (χ4v) is 2.58. The van der Waals surface area contributed by atoms with Crippen LogP contribution in [0.15, 0.2) is 18.2 Å². The van der Waals surface area contributed by atoms with E-state index in [-0.39, 0.29) is 11.9 Å². The van der Waals surface area contributed by atoms with Gasteiger partial charge in [0.15, 0.2) is 0 Å². The molecule has 19 heavy (non-hydrogen) atoms. The van der Waals surface area contributed by atoms with Crippen molar-refractivity contribution >= 4 is 35.1 Å². The summed E-state index contributed by atoms with van der Waals surface area (Å²) in [5, 5.41) is 12.6. The lowest BCUT2D eigenvalue weighted by molar-refractivity contribution is -0.140. The number of halogens is 2. The van der Waals surface area contributed by atoms with Crippen LogP contribution in [0.25, 0.3) is 0 Å². The molecular weight excluding hydrogens is 289 g/mol. The molecule has 0 saturated heterocycles. The fourth-order valence-electron chi connectivity index (χ4n) is 2.01. The van der Waals surface area contributed by atoms with Gasteiger partial charge in [0.1, 0.15) is 0 Å². The molecule has 0 bridgehead atoms. The predicted molar refractivity (Wildman–Crippen MR) is 72.3 cm³/mol. The molecule has 1 saturated carbocycles. The standard InChI is InChI=1S/C13H13Cl2NO3/c1-6(8-3-2-7(14)4-11(8)15)16-12(17)9-5-10(9)13(18)19/h2-4,6,9-10H,5H2,1H3,(H,16,17)(H,18,19)/t6?,9-,10+/m1/s1. The van der Waals surface area contributed by atoms with Crippen LogP contribution in [0.4, 0.5) is 0 Å². The van der Waals surface area contributed by atoms with E-state index in [2.05, 4.69) is 5.32 Å². The summed E-state index contributed by atoms with van der Waals surface area (Å²) in [4.78, 5) is 22.5. The average Bonchev–Trinajstić information content (AvgIpc) is 3.08. The van der Waals surface area contributed by atoms with Crippen molar-refractivity contribution in [2.24, 2.45) is 11.8 Å². The Morgan fingerprint density at radius 2 is 2.05 bits per heavy atom. The molecule has 0 heterocycles. The number of aliphatic carboxylic acids is 1. The van der Waals surface area contributed by atoms with Gasteiger partial charge in [0.05, 0.1) is 17.9 Å². The minimum absolute atomic E-state index is 0.245. The van der Waals surface area contributed by atoms with Gasteiger partial charge in [-0.2, -0.15) is 0 Å². The smallest absolute Gasteiger partial charge is 0.307 e. The first-order chi connectivity index (χ1) is 8.90. The van der Waals surface area contributed by atoms with E-state index in [9.17, 15) is 9.59 Å². The van der Waals surface area contributed by atoms with Crippen LogP contribution in [-0.2, 0) is 9.59 Å². The van der Waals surface area contributed by atoms with Crippen molar-refractivity contribution in [1.29, 1.82) is 0 Å². The number of carboxylic acid groups (broad SMARTS) is 1. The molecule has 0 spiro atoms. The first-order valence-corrected chi connectivity index (χ1v) is 6.64. The Morgan fingerprint density at radius 1 is 1.37 bits per heavy atom. The number of hydrogen-bond acceptors (Lipinski definition) is 2. The first kappa shape index (κ1) is 14.2. The molecule has 4 nitrogen and oxygen atoms in total. The van der Waals surface area contributed by atoms with Crippen LogP contribution in [0, 0.1) is 11.8 Å². The SMILES string of the molecule is CC(NC(=O)[C@@H]1C[C@@H]1C(=O)O)c1ccc(Cl)cc1Cl. The molecule has 0 radical (unpaired) electrons. The Labute approximate surface area is 120 Å². The van der Waals surface area contributed by atoms with Gasteiger partial charge in [-0.1, -0.05) is 29.3 Å². The minimum atomic E-state index is -0.919. The Balaban J connectivity index is 2.00. The predicted octanol–water partition coefficient (Wildman–Crippen LogP) is 2.89. The molecule has 6 heteroatoms. The molecule has 1 aromatic rings. The third-order valence-electron chi connectivity index (χ3n) is 3.23. The zero-order valence-electron chi connectivity index (χ0n) is 10.2. The Bertz CT molecular complexity index is 533. The number of carboxylic acids is 1. The summed E-state index contributed by atoms with van der Waals surface area (Å²) in [6, 6.07) is 4.77. The van der Waals surface area contributed by atoms with E-state index in [1.807, 2.05) is 0 Å². The molecule has 0 aromatic heterocycles. The van der Waals surface area contributed by atoms with Gasteiger partial charge >= 0.3 is 5.97 Å². The first-order valence-electron chi connectivity index (χ1n) is 5.88. The summed E-state index contributed by atoms with van der Waals surface area (Å²) in [5.41, 5.74) is 0.756. The molecule has 1 aliphatic carbocycles. The zero-order chi connectivity index (χ0) is 14.2. The molecule has 2 N–H and O–H groups in total. The van der Waals surface area contributed by atoms with Crippen molar-refractivity contribution in [3.05, 3.63) is 33.8 Å². The molecule has 3 atom stereocenters. The van der Waals surface area contributed by atoms with Crippen molar-refractivity contribution < 1.29 is 14.7 Å². The largest absolute Gasteiger partial charge is 0.481 e. The van der Waals surface area contributed by atoms with E-state index in [0.717, 1.165) is 5.56 Å². The lowest BCUT2D eigenvalue weighted by Crippen LogP contribution is -2.29. The maximum Gasteiger partial charge on any atom is 0.307 e. The molecule has 2 rings (SSSR count).